The smallest absolute Gasteiger partial charge is 0.322 e. The molecule has 0 aromatic carbocycles. The molecule has 1 atom stereocenters. The zero-order chi connectivity index (χ0) is 16.4. The summed E-state index contributed by atoms with van der Waals surface area (Å²) in [5.41, 5.74) is -0.772. The standard InChI is InChI=1S/C16H27N5O2/c1-16(13(22)19-15(23)20-16)12-6-9-21(10-7-12)14(17-2)18-8-5-11-3-4-11/h11-12H,3-10H2,1-2H3,(H,17,18)(H2,19,20,22,23). The molecule has 2 heterocycles. The Hall–Kier alpha value is -1.79. The molecule has 3 aliphatic rings. The van der Waals surface area contributed by atoms with E-state index in [4.69, 9.17) is 0 Å². The quantitative estimate of drug-likeness (QED) is 0.404. The number of hydrogen-bond acceptors (Lipinski definition) is 3. The number of nitrogens with one attached hydrogen (secondary N) is 3. The van der Waals surface area contributed by atoms with E-state index in [0.717, 1.165) is 44.4 Å². The zero-order valence-electron chi connectivity index (χ0n) is 14.0. The maximum Gasteiger partial charge on any atom is 0.322 e. The Labute approximate surface area is 137 Å². The third kappa shape index (κ3) is 3.43. The first-order chi connectivity index (χ1) is 11.0. The van der Waals surface area contributed by atoms with Gasteiger partial charge >= 0.3 is 6.03 Å². The summed E-state index contributed by atoms with van der Waals surface area (Å²) < 4.78 is 0. The molecular formula is C16H27N5O2. The van der Waals surface area contributed by atoms with Gasteiger partial charge in [-0.2, -0.15) is 0 Å². The Morgan fingerprint density at radius 2 is 2.00 bits per heavy atom. The lowest BCUT2D eigenvalue weighted by atomic mass is 9.79. The molecule has 3 N–H and O–H groups in total. The molecule has 2 aliphatic heterocycles. The first-order valence-corrected chi connectivity index (χ1v) is 8.62. The highest BCUT2D eigenvalue weighted by Crippen LogP contribution is 2.32. The minimum absolute atomic E-state index is 0.162. The summed E-state index contributed by atoms with van der Waals surface area (Å²) in [7, 11) is 1.82. The first-order valence-electron chi connectivity index (χ1n) is 8.62. The van der Waals surface area contributed by atoms with Crippen molar-refractivity contribution in [1.82, 2.24) is 20.9 Å². The monoisotopic (exact) mass is 321 g/mol. The highest BCUT2D eigenvalue weighted by atomic mass is 16.2. The van der Waals surface area contributed by atoms with Gasteiger partial charge in [0.05, 0.1) is 0 Å². The van der Waals surface area contributed by atoms with Crippen LogP contribution in [0.1, 0.15) is 39.0 Å². The molecule has 0 aromatic rings. The number of imide groups is 1. The number of carbonyl (C=O) groups excluding carboxylic acids is 2. The van der Waals surface area contributed by atoms with Crippen LogP contribution < -0.4 is 16.0 Å². The Kier molecular flexibility index (Phi) is 4.46. The van der Waals surface area contributed by atoms with Gasteiger partial charge < -0.3 is 15.5 Å². The topological polar surface area (TPSA) is 85.8 Å². The third-order valence-corrected chi connectivity index (χ3v) is 5.43. The number of carbonyl (C=O) groups is 2. The van der Waals surface area contributed by atoms with Crippen molar-refractivity contribution < 1.29 is 9.59 Å². The van der Waals surface area contributed by atoms with Crippen molar-refractivity contribution in [2.75, 3.05) is 26.7 Å². The molecule has 7 heteroatoms. The number of nitrogens with zero attached hydrogens (tertiary/aromatic N) is 2. The number of likely N-dealkylation sites (tertiary alicyclic amines) is 1. The van der Waals surface area contributed by atoms with Crippen LogP contribution in [-0.4, -0.2) is 55.0 Å². The molecule has 1 saturated carbocycles. The van der Waals surface area contributed by atoms with Crippen LogP contribution in [0.2, 0.25) is 0 Å². The minimum Gasteiger partial charge on any atom is -0.356 e. The Morgan fingerprint density at radius 3 is 2.52 bits per heavy atom. The third-order valence-electron chi connectivity index (χ3n) is 5.43. The number of hydrogen-bond donors (Lipinski definition) is 3. The first kappa shape index (κ1) is 16.1. The van der Waals surface area contributed by atoms with E-state index >= 15 is 0 Å². The second-order valence-corrected chi connectivity index (χ2v) is 7.08. The van der Waals surface area contributed by atoms with Crippen molar-refractivity contribution in [3.05, 3.63) is 0 Å². The normalized spacial score (nSPS) is 29.5. The van der Waals surface area contributed by atoms with Crippen molar-refractivity contribution >= 4 is 17.9 Å². The molecule has 3 rings (SSSR count). The van der Waals surface area contributed by atoms with E-state index in [0.29, 0.717) is 0 Å². The van der Waals surface area contributed by atoms with Gasteiger partial charge in [0.2, 0.25) is 0 Å². The number of piperidine rings is 1. The average Bonchev–Trinajstić information content (AvgIpc) is 3.31. The summed E-state index contributed by atoms with van der Waals surface area (Å²) in [5.74, 6) is 1.83. The van der Waals surface area contributed by atoms with Gasteiger partial charge in [0, 0.05) is 26.7 Å². The van der Waals surface area contributed by atoms with Gasteiger partial charge in [-0.3, -0.25) is 15.1 Å². The van der Waals surface area contributed by atoms with Gasteiger partial charge in [-0.15, -0.1) is 0 Å². The maximum atomic E-state index is 12.0. The molecule has 2 saturated heterocycles. The lowest BCUT2D eigenvalue weighted by Crippen LogP contribution is -2.55. The molecule has 0 aromatic heterocycles. The second-order valence-electron chi connectivity index (χ2n) is 7.08. The highest BCUT2D eigenvalue weighted by Gasteiger charge is 2.48. The predicted molar refractivity (Wildman–Crippen MR) is 88.1 cm³/mol. The van der Waals surface area contributed by atoms with Crippen LogP contribution in [0.3, 0.4) is 0 Å². The van der Waals surface area contributed by atoms with E-state index in [9.17, 15) is 9.59 Å². The van der Waals surface area contributed by atoms with Crippen LogP contribution in [0.25, 0.3) is 0 Å². The molecule has 0 radical (unpaired) electrons. The summed E-state index contributed by atoms with van der Waals surface area (Å²) in [6.07, 6.45) is 5.71. The lowest BCUT2D eigenvalue weighted by molar-refractivity contribution is -0.125. The summed E-state index contributed by atoms with van der Waals surface area (Å²) in [6.45, 7) is 4.52. The van der Waals surface area contributed by atoms with Crippen molar-refractivity contribution in [1.29, 1.82) is 0 Å². The van der Waals surface area contributed by atoms with Crippen LogP contribution in [0.15, 0.2) is 4.99 Å². The Morgan fingerprint density at radius 1 is 1.30 bits per heavy atom. The van der Waals surface area contributed by atoms with E-state index in [1.54, 1.807) is 0 Å². The van der Waals surface area contributed by atoms with E-state index in [1.165, 1.54) is 19.3 Å². The van der Waals surface area contributed by atoms with Crippen molar-refractivity contribution in [3.63, 3.8) is 0 Å². The molecule has 7 nitrogen and oxygen atoms in total. The summed E-state index contributed by atoms with van der Waals surface area (Å²) in [5, 5.41) is 8.60. The highest BCUT2D eigenvalue weighted by molar-refractivity contribution is 6.07. The molecule has 23 heavy (non-hydrogen) atoms. The van der Waals surface area contributed by atoms with Crippen molar-refractivity contribution in [3.8, 4) is 0 Å². The second kappa shape index (κ2) is 6.37. The van der Waals surface area contributed by atoms with Crippen molar-refractivity contribution in [2.45, 2.75) is 44.6 Å². The largest absolute Gasteiger partial charge is 0.356 e. The number of aliphatic imine (C=N–C) groups is 1. The minimum atomic E-state index is -0.772. The van der Waals surface area contributed by atoms with Gasteiger partial charge in [-0.25, -0.2) is 4.79 Å². The van der Waals surface area contributed by atoms with Crippen LogP contribution in [0.5, 0.6) is 0 Å². The average molecular weight is 321 g/mol. The maximum absolute atomic E-state index is 12.0. The van der Waals surface area contributed by atoms with Crippen molar-refractivity contribution in [2.24, 2.45) is 16.8 Å². The number of rotatable bonds is 4. The van der Waals surface area contributed by atoms with Crippen LogP contribution in [0.4, 0.5) is 4.79 Å². The summed E-state index contributed by atoms with van der Waals surface area (Å²) >= 11 is 0. The summed E-state index contributed by atoms with van der Waals surface area (Å²) in [4.78, 5) is 30.1. The van der Waals surface area contributed by atoms with Crippen LogP contribution in [-0.2, 0) is 4.79 Å². The fourth-order valence-corrected chi connectivity index (χ4v) is 3.64. The molecule has 3 fully saturated rings. The van der Waals surface area contributed by atoms with Gasteiger partial charge in [0.1, 0.15) is 5.54 Å². The van der Waals surface area contributed by atoms with Crippen LogP contribution in [0, 0.1) is 11.8 Å². The fraction of sp³-hybridized carbons (Fsp3) is 0.812. The molecule has 0 spiro atoms. The molecule has 0 bridgehead atoms. The van der Waals surface area contributed by atoms with Gasteiger partial charge in [-0.05, 0) is 38.0 Å². The number of urea groups is 1. The van der Waals surface area contributed by atoms with Gasteiger partial charge in [0.15, 0.2) is 5.96 Å². The molecule has 1 unspecified atom stereocenters. The van der Waals surface area contributed by atoms with E-state index in [1.807, 2.05) is 14.0 Å². The van der Waals surface area contributed by atoms with E-state index < -0.39 is 5.54 Å². The Balaban J connectivity index is 1.50. The molecule has 128 valence electrons. The number of amides is 3. The molecule has 1 aliphatic carbocycles. The van der Waals surface area contributed by atoms with E-state index in [-0.39, 0.29) is 17.9 Å². The van der Waals surface area contributed by atoms with E-state index in [2.05, 4.69) is 25.8 Å². The predicted octanol–water partition coefficient (Wildman–Crippen LogP) is 0.672. The summed E-state index contributed by atoms with van der Waals surface area (Å²) in [6, 6.07) is -0.377. The van der Waals surface area contributed by atoms with Gasteiger partial charge in [0.25, 0.3) is 5.91 Å². The lowest BCUT2D eigenvalue weighted by Gasteiger charge is -2.39. The fourth-order valence-electron chi connectivity index (χ4n) is 3.64. The van der Waals surface area contributed by atoms with Gasteiger partial charge in [-0.1, -0.05) is 12.8 Å². The Bertz CT molecular complexity index is 509. The number of guanidine groups is 1. The molecule has 3 amide bonds. The SMILES string of the molecule is CN=C(NCCC1CC1)N1CCC(C2(C)NC(=O)NC2=O)CC1. The van der Waals surface area contributed by atoms with Crippen LogP contribution >= 0.6 is 0 Å². The molecular weight excluding hydrogens is 294 g/mol. The zero-order valence-corrected chi connectivity index (χ0v) is 14.0.